The van der Waals surface area contributed by atoms with Crippen LogP contribution in [0.4, 0.5) is 4.79 Å². The molecule has 3 rings (SSSR count). The van der Waals surface area contributed by atoms with Crippen LogP contribution in [0.25, 0.3) is 0 Å². The van der Waals surface area contributed by atoms with Gasteiger partial charge in [0.1, 0.15) is 24.2 Å². The molecule has 2 aromatic carbocycles. The number of benzene rings is 2. The lowest BCUT2D eigenvalue weighted by Crippen LogP contribution is -2.54. The van der Waals surface area contributed by atoms with Crippen molar-refractivity contribution >= 4 is 17.9 Å². The normalized spacial score (nSPS) is 16.6. The summed E-state index contributed by atoms with van der Waals surface area (Å²) in [5, 5.41) is 15.1. The van der Waals surface area contributed by atoms with Gasteiger partial charge in [-0.1, -0.05) is 42.5 Å². The van der Waals surface area contributed by atoms with Gasteiger partial charge in [0.25, 0.3) is 0 Å². The van der Waals surface area contributed by atoms with E-state index in [2.05, 4.69) is 15.6 Å². The van der Waals surface area contributed by atoms with Crippen molar-refractivity contribution in [3.05, 3.63) is 65.7 Å². The van der Waals surface area contributed by atoms with E-state index in [9.17, 15) is 14.7 Å². The molecule has 0 saturated heterocycles. The Hall–Kier alpha value is -3.55. The van der Waals surface area contributed by atoms with Crippen molar-refractivity contribution in [2.45, 2.75) is 31.5 Å². The highest BCUT2D eigenvalue weighted by Gasteiger charge is 2.28. The fraction of sp³-hybridized carbons (Fsp3) is 0.318. The molecule has 1 amide bonds. The van der Waals surface area contributed by atoms with Crippen LogP contribution in [0.5, 0.6) is 5.75 Å². The molecular weight excluding hydrogens is 386 g/mol. The van der Waals surface area contributed by atoms with E-state index in [1.807, 2.05) is 54.6 Å². The van der Waals surface area contributed by atoms with Crippen molar-refractivity contribution in [2.75, 3.05) is 13.7 Å². The molecule has 0 aliphatic carbocycles. The molecular formula is C22H25N3O5. The number of hydrogen-bond donors (Lipinski definition) is 3. The van der Waals surface area contributed by atoms with Crippen LogP contribution in [0.15, 0.2) is 59.6 Å². The summed E-state index contributed by atoms with van der Waals surface area (Å²) in [6.45, 7) is 0.513. The van der Waals surface area contributed by atoms with Gasteiger partial charge in [0.05, 0.1) is 13.2 Å². The first-order valence-corrected chi connectivity index (χ1v) is 9.69. The van der Waals surface area contributed by atoms with Crippen LogP contribution in [0.3, 0.4) is 0 Å². The molecule has 1 aliphatic heterocycles. The Morgan fingerprint density at radius 1 is 1.17 bits per heavy atom. The molecule has 158 valence electrons. The second-order valence-electron chi connectivity index (χ2n) is 6.90. The van der Waals surface area contributed by atoms with Crippen molar-refractivity contribution in [3.63, 3.8) is 0 Å². The Morgan fingerprint density at radius 2 is 1.90 bits per heavy atom. The fourth-order valence-electron chi connectivity index (χ4n) is 3.13. The number of methoxy groups -OCH3 is 1. The van der Waals surface area contributed by atoms with Crippen LogP contribution >= 0.6 is 0 Å². The topological polar surface area (TPSA) is 109 Å². The van der Waals surface area contributed by atoms with Crippen LogP contribution in [-0.2, 0) is 22.6 Å². The molecule has 0 aromatic heterocycles. The number of rotatable bonds is 8. The third-order valence-electron chi connectivity index (χ3n) is 4.75. The van der Waals surface area contributed by atoms with E-state index in [1.54, 1.807) is 7.11 Å². The Morgan fingerprint density at radius 3 is 2.57 bits per heavy atom. The largest absolute Gasteiger partial charge is 0.497 e. The van der Waals surface area contributed by atoms with Gasteiger partial charge in [0.15, 0.2) is 0 Å². The highest BCUT2D eigenvalue weighted by Crippen LogP contribution is 2.14. The van der Waals surface area contributed by atoms with Gasteiger partial charge >= 0.3 is 12.1 Å². The van der Waals surface area contributed by atoms with Crippen molar-refractivity contribution < 1.29 is 24.2 Å². The standard InChI is InChI=1S/C22H25N3O5/c1-29-17-9-7-15(8-10-17)13-19(20-23-12-11-18(24-20)21(26)27)25-22(28)30-14-16-5-3-2-4-6-16/h2-10,18-19H,11-14H2,1H3,(H,23,24)(H,25,28)(H,26,27)/t18-,19-/m0/s1. The van der Waals surface area contributed by atoms with Crippen LogP contribution in [0.2, 0.25) is 0 Å². The Bertz CT molecular complexity index is 883. The predicted molar refractivity (Wildman–Crippen MR) is 112 cm³/mol. The number of aliphatic carboxylic acids is 1. The lowest BCUT2D eigenvalue weighted by atomic mass is 10.0. The number of nitrogens with zero attached hydrogens (tertiary/aromatic N) is 1. The van der Waals surface area contributed by atoms with E-state index < -0.39 is 24.1 Å². The Labute approximate surface area is 174 Å². The van der Waals surface area contributed by atoms with E-state index in [4.69, 9.17) is 9.47 Å². The maximum Gasteiger partial charge on any atom is 0.408 e. The molecule has 0 unspecified atom stereocenters. The van der Waals surface area contributed by atoms with Crippen molar-refractivity contribution in [2.24, 2.45) is 4.99 Å². The van der Waals surface area contributed by atoms with Gasteiger partial charge in [-0.3, -0.25) is 4.99 Å². The summed E-state index contributed by atoms with van der Waals surface area (Å²) in [7, 11) is 1.59. The van der Waals surface area contributed by atoms with E-state index in [0.717, 1.165) is 16.9 Å². The molecule has 0 saturated carbocycles. The number of nitrogens with one attached hydrogen (secondary N) is 2. The van der Waals surface area contributed by atoms with Gasteiger partial charge in [0.2, 0.25) is 0 Å². The van der Waals surface area contributed by atoms with E-state index in [-0.39, 0.29) is 6.61 Å². The summed E-state index contributed by atoms with van der Waals surface area (Å²) in [5.41, 5.74) is 1.81. The van der Waals surface area contributed by atoms with Crippen LogP contribution in [0.1, 0.15) is 17.5 Å². The highest BCUT2D eigenvalue weighted by atomic mass is 16.5. The number of carbonyl (C=O) groups excluding carboxylic acids is 1. The summed E-state index contributed by atoms with van der Waals surface area (Å²) >= 11 is 0. The predicted octanol–water partition coefficient (Wildman–Crippen LogP) is 2.38. The van der Waals surface area contributed by atoms with Crippen LogP contribution in [-0.4, -0.2) is 48.7 Å². The van der Waals surface area contributed by atoms with Gasteiger partial charge in [-0.15, -0.1) is 0 Å². The molecule has 2 atom stereocenters. The maximum absolute atomic E-state index is 12.4. The average Bonchev–Trinajstić information content (AvgIpc) is 2.78. The molecule has 0 radical (unpaired) electrons. The zero-order valence-electron chi connectivity index (χ0n) is 16.7. The molecule has 1 aliphatic rings. The molecule has 3 N–H and O–H groups in total. The molecule has 0 fully saturated rings. The third kappa shape index (κ3) is 5.97. The lowest BCUT2D eigenvalue weighted by molar-refractivity contribution is -0.139. The summed E-state index contributed by atoms with van der Waals surface area (Å²) in [5.74, 6) is 0.211. The molecule has 8 heteroatoms. The number of carboxylic acid groups (broad SMARTS) is 1. The van der Waals surface area contributed by atoms with Gasteiger partial charge in [-0.2, -0.15) is 0 Å². The van der Waals surface area contributed by atoms with Crippen LogP contribution in [0, 0.1) is 0 Å². The molecule has 2 aromatic rings. The molecule has 8 nitrogen and oxygen atoms in total. The second kappa shape index (κ2) is 10.3. The number of carboxylic acids is 1. The highest BCUT2D eigenvalue weighted by molar-refractivity contribution is 5.94. The number of carbonyl (C=O) groups is 2. The molecule has 30 heavy (non-hydrogen) atoms. The van der Waals surface area contributed by atoms with E-state index >= 15 is 0 Å². The van der Waals surface area contributed by atoms with E-state index in [1.165, 1.54) is 0 Å². The average molecular weight is 411 g/mol. The summed E-state index contributed by atoms with van der Waals surface area (Å²) < 4.78 is 10.5. The first-order valence-electron chi connectivity index (χ1n) is 9.69. The molecule has 0 spiro atoms. The van der Waals surface area contributed by atoms with Gasteiger partial charge in [0, 0.05) is 6.54 Å². The zero-order chi connectivity index (χ0) is 21.3. The first kappa shape index (κ1) is 21.2. The Balaban J connectivity index is 1.70. The first-order chi connectivity index (χ1) is 14.5. The minimum Gasteiger partial charge on any atom is -0.497 e. The van der Waals surface area contributed by atoms with Crippen molar-refractivity contribution in [1.82, 2.24) is 10.6 Å². The van der Waals surface area contributed by atoms with E-state index in [0.29, 0.717) is 25.2 Å². The SMILES string of the molecule is COc1ccc(C[C@H](NC(=O)OCc2ccccc2)C2=NCC[C@@H](C(=O)O)N2)cc1. The number of amides is 1. The van der Waals surface area contributed by atoms with Gasteiger partial charge < -0.3 is 25.2 Å². The smallest absolute Gasteiger partial charge is 0.408 e. The molecule has 0 bridgehead atoms. The van der Waals surface area contributed by atoms with Crippen molar-refractivity contribution in [3.8, 4) is 5.75 Å². The number of aliphatic imine (C=N–C) groups is 1. The number of hydrogen-bond acceptors (Lipinski definition) is 6. The fourth-order valence-corrected chi connectivity index (χ4v) is 3.13. The summed E-state index contributed by atoms with van der Waals surface area (Å²) in [4.78, 5) is 28.2. The quantitative estimate of drug-likeness (QED) is 0.615. The number of ether oxygens (including phenoxy) is 2. The summed E-state index contributed by atoms with van der Waals surface area (Å²) in [6, 6.07) is 15.5. The third-order valence-corrected chi connectivity index (χ3v) is 4.75. The van der Waals surface area contributed by atoms with Crippen LogP contribution < -0.4 is 15.4 Å². The minimum atomic E-state index is -0.947. The number of amidine groups is 1. The molecule has 1 heterocycles. The van der Waals surface area contributed by atoms with Gasteiger partial charge in [-0.05, 0) is 36.1 Å². The monoisotopic (exact) mass is 411 g/mol. The van der Waals surface area contributed by atoms with Gasteiger partial charge in [-0.25, -0.2) is 9.59 Å². The Kier molecular flexibility index (Phi) is 7.26. The second-order valence-corrected chi connectivity index (χ2v) is 6.90. The minimum absolute atomic E-state index is 0.138. The van der Waals surface area contributed by atoms with Crippen molar-refractivity contribution in [1.29, 1.82) is 0 Å². The maximum atomic E-state index is 12.4. The zero-order valence-corrected chi connectivity index (χ0v) is 16.7. The number of alkyl carbamates (subject to hydrolysis) is 1. The lowest BCUT2D eigenvalue weighted by Gasteiger charge is -2.27. The summed E-state index contributed by atoms with van der Waals surface area (Å²) in [6.07, 6.45) is 0.217.